The predicted molar refractivity (Wildman–Crippen MR) is 68.2 cm³/mol. The van der Waals surface area contributed by atoms with E-state index in [1.54, 1.807) is 12.1 Å². The molecule has 5 nitrogen and oxygen atoms in total. The number of aromatic nitrogens is 3. The summed E-state index contributed by atoms with van der Waals surface area (Å²) in [5, 5.41) is 7.77. The zero-order valence-electron chi connectivity index (χ0n) is 9.75. The second-order valence-corrected chi connectivity index (χ2v) is 3.87. The number of nitrogen functional groups attached to an aromatic ring is 1. The van der Waals surface area contributed by atoms with Gasteiger partial charge in [-0.05, 0) is 24.3 Å². The Labute approximate surface area is 107 Å². The Morgan fingerprint density at radius 1 is 1.00 bits per heavy atom. The van der Waals surface area contributed by atoms with Gasteiger partial charge in [0.05, 0.1) is 11.2 Å². The molecule has 19 heavy (non-hydrogen) atoms. The van der Waals surface area contributed by atoms with E-state index < -0.39 is 5.82 Å². The largest absolute Gasteiger partial charge is 0.421 e. The molecule has 1 aromatic heterocycles. The van der Waals surface area contributed by atoms with Crippen molar-refractivity contribution < 1.29 is 9.13 Å². The summed E-state index contributed by atoms with van der Waals surface area (Å²) in [5.74, 6) is -0.282. The van der Waals surface area contributed by atoms with Crippen LogP contribution in [0.25, 0.3) is 11.0 Å². The van der Waals surface area contributed by atoms with Crippen molar-refractivity contribution in [3.8, 4) is 11.8 Å². The molecule has 0 radical (unpaired) electrons. The molecule has 6 heteroatoms. The number of nitrogens with two attached hydrogens (primary N) is 1. The smallest absolute Gasteiger partial charge is 0.341 e. The second kappa shape index (κ2) is 4.49. The van der Waals surface area contributed by atoms with Gasteiger partial charge in [0.1, 0.15) is 11.3 Å². The minimum atomic E-state index is -0.446. The number of halogens is 1. The van der Waals surface area contributed by atoms with Crippen LogP contribution >= 0.6 is 0 Å². The molecule has 0 aliphatic rings. The number of hydrogen-bond acceptors (Lipinski definition) is 5. The lowest BCUT2D eigenvalue weighted by atomic mass is 10.3. The molecule has 2 N–H and O–H groups in total. The normalized spacial score (nSPS) is 10.6. The Hall–Kier alpha value is -2.76. The third-order valence-corrected chi connectivity index (χ3v) is 2.52. The van der Waals surface area contributed by atoms with Gasteiger partial charge >= 0.3 is 6.01 Å². The average molecular weight is 256 g/mol. The first kappa shape index (κ1) is 11.3. The first-order valence-electron chi connectivity index (χ1n) is 5.55. The Kier molecular flexibility index (Phi) is 2.68. The van der Waals surface area contributed by atoms with Crippen LogP contribution < -0.4 is 10.5 Å². The third-order valence-electron chi connectivity index (χ3n) is 2.52. The van der Waals surface area contributed by atoms with Crippen LogP contribution in [0.15, 0.2) is 42.5 Å². The van der Waals surface area contributed by atoms with Crippen molar-refractivity contribution in [3.05, 3.63) is 48.3 Å². The van der Waals surface area contributed by atoms with Crippen molar-refractivity contribution in [2.45, 2.75) is 0 Å². The van der Waals surface area contributed by atoms with E-state index in [-0.39, 0.29) is 11.8 Å². The fourth-order valence-electron chi connectivity index (χ4n) is 1.60. The Morgan fingerprint density at radius 3 is 2.63 bits per heavy atom. The van der Waals surface area contributed by atoms with Gasteiger partial charge in [0.25, 0.3) is 0 Å². The molecular weight excluding hydrogens is 247 g/mol. The summed E-state index contributed by atoms with van der Waals surface area (Å²) in [6, 6.07) is 11.1. The van der Waals surface area contributed by atoms with Crippen molar-refractivity contribution in [2.24, 2.45) is 0 Å². The van der Waals surface area contributed by atoms with Gasteiger partial charge in [0.2, 0.25) is 0 Å². The summed E-state index contributed by atoms with van der Waals surface area (Å²) >= 11 is 0. The average Bonchev–Trinajstić information content (AvgIpc) is 2.43. The molecule has 0 saturated carbocycles. The molecule has 0 aliphatic carbocycles. The molecule has 0 aliphatic heterocycles. The van der Waals surface area contributed by atoms with E-state index in [2.05, 4.69) is 15.2 Å². The summed E-state index contributed by atoms with van der Waals surface area (Å²) in [5.41, 5.74) is 7.28. The highest BCUT2D eigenvalue weighted by molar-refractivity contribution is 5.73. The fourth-order valence-corrected chi connectivity index (χ4v) is 1.60. The molecular formula is C13H9FN4O. The third kappa shape index (κ3) is 2.28. The quantitative estimate of drug-likeness (QED) is 0.713. The molecule has 0 atom stereocenters. The lowest BCUT2D eigenvalue weighted by molar-refractivity contribution is 0.435. The Balaban J connectivity index is 1.98. The van der Waals surface area contributed by atoms with Gasteiger partial charge in [-0.1, -0.05) is 17.2 Å². The molecule has 3 aromatic rings. The number of nitrogens with zero attached hydrogens (tertiary/aromatic N) is 3. The monoisotopic (exact) mass is 256 g/mol. The molecule has 0 bridgehead atoms. The number of para-hydroxylation sites is 1. The minimum absolute atomic E-state index is 0.0241. The zero-order chi connectivity index (χ0) is 13.2. The number of benzene rings is 2. The molecule has 0 saturated heterocycles. The van der Waals surface area contributed by atoms with E-state index in [4.69, 9.17) is 10.5 Å². The van der Waals surface area contributed by atoms with Crippen LogP contribution in [0.1, 0.15) is 0 Å². The van der Waals surface area contributed by atoms with Crippen molar-refractivity contribution in [2.75, 3.05) is 5.73 Å². The summed E-state index contributed by atoms with van der Waals surface area (Å²) in [6.45, 7) is 0. The summed E-state index contributed by atoms with van der Waals surface area (Å²) in [4.78, 5) is 4.17. The SMILES string of the molecule is Nc1ccc(F)cc1Oc1nnc2ccccc2n1. The highest BCUT2D eigenvalue weighted by Gasteiger charge is 2.07. The molecule has 3 rings (SSSR count). The van der Waals surface area contributed by atoms with Crippen LogP contribution in [-0.2, 0) is 0 Å². The van der Waals surface area contributed by atoms with E-state index in [0.29, 0.717) is 16.7 Å². The summed E-state index contributed by atoms with van der Waals surface area (Å²) in [7, 11) is 0. The number of fused-ring (bicyclic) bond motifs is 1. The zero-order valence-corrected chi connectivity index (χ0v) is 9.75. The molecule has 2 aromatic carbocycles. The van der Waals surface area contributed by atoms with Crippen LogP contribution in [0.3, 0.4) is 0 Å². The van der Waals surface area contributed by atoms with Crippen molar-refractivity contribution >= 4 is 16.7 Å². The van der Waals surface area contributed by atoms with E-state index >= 15 is 0 Å². The summed E-state index contributed by atoms with van der Waals surface area (Å²) < 4.78 is 18.5. The lowest BCUT2D eigenvalue weighted by Crippen LogP contribution is -1.98. The van der Waals surface area contributed by atoms with Crippen LogP contribution in [0, 0.1) is 5.82 Å². The molecule has 0 unspecified atom stereocenters. The number of ether oxygens (including phenoxy) is 1. The van der Waals surface area contributed by atoms with E-state index in [1.165, 1.54) is 18.2 Å². The van der Waals surface area contributed by atoms with Gasteiger partial charge in [-0.25, -0.2) is 4.39 Å². The van der Waals surface area contributed by atoms with Crippen molar-refractivity contribution in [3.63, 3.8) is 0 Å². The van der Waals surface area contributed by atoms with Gasteiger partial charge in [0.15, 0.2) is 5.75 Å². The highest BCUT2D eigenvalue weighted by Crippen LogP contribution is 2.26. The van der Waals surface area contributed by atoms with Gasteiger partial charge in [-0.3, -0.25) is 0 Å². The first-order valence-corrected chi connectivity index (χ1v) is 5.55. The standard InChI is InChI=1S/C13H9FN4O/c14-8-5-6-9(15)12(7-8)19-13-16-10-3-1-2-4-11(10)17-18-13/h1-7H,15H2. The van der Waals surface area contributed by atoms with Gasteiger partial charge < -0.3 is 10.5 Å². The number of anilines is 1. The second-order valence-electron chi connectivity index (χ2n) is 3.87. The fraction of sp³-hybridized carbons (Fsp3) is 0. The van der Waals surface area contributed by atoms with Gasteiger partial charge in [-0.15, -0.1) is 5.10 Å². The highest BCUT2D eigenvalue weighted by atomic mass is 19.1. The lowest BCUT2D eigenvalue weighted by Gasteiger charge is -2.06. The molecule has 1 heterocycles. The van der Waals surface area contributed by atoms with E-state index in [0.717, 1.165) is 0 Å². The molecule has 0 fully saturated rings. The molecule has 0 amide bonds. The van der Waals surface area contributed by atoms with Crippen LogP contribution in [-0.4, -0.2) is 15.2 Å². The van der Waals surface area contributed by atoms with Gasteiger partial charge in [0, 0.05) is 6.07 Å². The topological polar surface area (TPSA) is 73.9 Å². The molecule has 94 valence electrons. The predicted octanol–water partition coefficient (Wildman–Crippen LogP) is 2.54. The Bertz CT molecular complexity index is 748. The van der Waals surface area contributed by atoms with E-state index in [9.17, 15) is 4.39 Å². The maximum absolute atomic E-state index is 13.1. The van der Waals surface area contributed by atoms with Crippen LogP contribution in [0.4, 0.5) is 10.1 Å². The van der Waals surface area contributed by atoms with Gasteiger partial charge in [-0.2, -0.15) is 4.98 Å². The maximum Gasteiger partial charge on any atom is 0.341 e. The van der Waals surface area contributed by atoms with E-state index in [1.807, 2.05) is 12.1 Å². The van der Waals surface area contributed by atoms with Crippen molar-refractivity contribution in [1.29, 1.82) is 0 Å². The number of hydrogen-bond donors (Lipinski definition) is 1. The van der Waals surface area contributed by atoms with Crippen LogP contribution in [0.2, 0.25) is 0 Å². The van der Waals surface area contributed by atoms with Crippen LogP contribution in [0.5, 0.6) is 11.8 Å². The first-order chi connectivity index (χ1) is 9.22. The Morgan fingerprint density at radius 2 is 1.79 bits per heavy atom. The maximum atomic E-state index is 13.1. The molecule has 0 spiro atoms. The number of rotatable bonds is 2. The minimum Gasteiger partial charge on any atom is -0.421 e. The van der Waals surface area contributed by atoms with Crippen molar-refractivity contribution in [1.82, 2.24) is 15.2 Å². The summed E-state index contributed by atoms with van der Waals surface area (Å²) in [6.07, 6.45) is 0.